The van der Waals surface area contributed by atoms with Crippen LogP contribution in [0, 0.1) is 0 Å². The minimum Gasteiger partial charge on any atom is -0.345 e. The van der Waals surface area contributed by atoms with Gasteiger partial charge in [-0.3, -0.25) is 4.79 Å². The number of benzene rings is 3. The van der Waals surface area contributed by atoms with Crippen LogP contribution in [0.2, 0.25) is 0 Å². The van der Waals surface area contributed by atoms with Gasteiger partial charge in [-0.25, -0.2) is 4.79 Å². The molecular formula is C25H27N3O2. The molecular weight excluding hydrogens is 374 g/mol. The van der Waals surface area contributed by atoms with Crippen LogP contribution in [0.15, 0.2) is 84.9 Å². The predicted molar refractivity (Wildman–Crippen MR) is 121 cm³/mol. The zero-order valence-corrected chi connectivity index (χ0v) is 17.3. The van der Waals surface area contributed by atoms with E-state index in [-0.39, 0.29) is 17.9 Å². The maximum absolute atomic E-state index is 12.4. The van der Waals surface area contributed by atoms with Crippen molar-refractivity contribution in [3.8, 4) is 0 Å². The molecule has 3 rings (SSSR count). The van der Waals surface area contributed by atoms with E-state index < -0.39 is 0 Å². The first-order chi connectivity index (χ1) is 14.5. The lowest BCUT2D eigenvalue weighted by Crippen LogP contribution is -2.30. The average molecular weight is 402 g/mol. The maximum atomic E-state index is 12.4. The van der Waals surface area contributed by atoms with E-state index >= 15 is 0 Å². The molecule has 0 radical (unpaired) electrons. The molecule has 0 atom stereocenters. The first kappa shape index (κ1) is 21.1. The third-order valence-corrected chi connectivity index (χ3v) is 4.90. The van der Waals surface area contributed by atoms with Gasteiger partial charge in [0.15, 0.2) is 0 Å². The van der Waals surface area contributed by atoms with Crippen molar-refractivity contribution in [3.63, 3.8) is 0 Å². The van der Waals surface area contributed by atoms with Crippen LogP contribution in [0.1, 0.15) is 33.8 Å². The first-order valence-electron chi connectivity index (χ1n) is 10.0. The molecule has 2 N–H and O–H groups in total. The molecule has 0 saturated heterocycles. The van der Waals surface area contributed by atoms with Crippen molar-refractivity contribution in [2.75, 3.05) is 26.0 Å². The van der Waals surface area contributed by atoms with Crippen LogP contribution in [-0.2, 0) is 0 Å². The minimum atomic E-state index is -0.288. The highest BCUT2D eigenvalue weighted by molar-refractivity contribution is 5.96. The molecule has 3 aromatic carbocycles. The van der Waals surface area contributed by atoms with Gasteiger partial charge in [0.05, 0.1) is 0 Å². The van der Waals surface area contributed by atoms with Crippen molar-refractivity contribution in [1.82, 2.24) is 10.2 Å². The Labute approximate surface area is 177 Å². The summed E-state index contributed by atoms with van der Waals surface area (Å²) in [5.41, 5.74) is 3.57. The molecule has 0 heterocycles. The average Bonchev–Trinajstić information content (AvgIpc) is 2.77. The van der Waals surface area contributed by atoms with Crippen molar-refractivity contribution in [1.29, 1.82) is 0 Å². The quantitative estimate of drug-likeness (QED) is 0.601. The van der Waals surface area contributed by atoms with Gasteiger partial charge in [-0.15, -0.1) is 0 Å². The van der Waals surface area contributed by atoms with Crippen molar-refractivity contribution >= 4 is 17.6 Å². The fraction of sp³-hybridized carbons (Fsp3) is 0.200. The number of hydrogen-bond acceptors (Lipinski definition) is 2. The molecule has 3 amide bonds. The molecule has 0 aliphatic rings. The topological polar surface area (TPSA) is 61.4 Å². The molecule has 0 bridgehead atoms. The normalized spacial score (nSPS) is 10.5. The number of nitrogens with one attached hydrogen (secondary N) is 2. The van der Waals surface area contributed by atoms with Crippen LogP contribution in [0.5, 0.6) is 0 Å². The third-order valence-electron chi connectivity index (χ3n) is 4.90. The second-order valence-electron chi connectivity index (χ2n) is 7.32. The van der Waals surface area contributed by atoms with Crippen molar-refractivity contribution in [2.45, 2.75) is 12.3 Å². The largest absolute Gasteiger partial charge is 0.345 e. The van der Waals surface area contributed by atoms with Crippen molar-refractivity contribution in [2.24, 2.45) is 0 Å². The van der Waals surface area contributed by atoms with Crippen LogP contribution in [-0.4, -0.2) is 37.5 Å². The van der Waals surface area contributed by atoms with Crippen molar-refractivity contribution < 1.29 is 9.59 Å². The summed E-state index contributed by atoms with van der Waals surface area (Å²) >= 11 is 0. The van der Waals surface area contributed by atoms with E-state index in [1.54, 1.807) is 38.4 Å². The maximum Gasteiger partial charge on any atom is 0.319 e. The number of rotatable bonds is 7. The van der Waals surface area contributed by atoms with Crippen LogP contribution >= 0.6 is 0 Å². The lowest BCUT2D eigenvalue weighted by Gasteiger charge is -2.18. The Morgan fingerprint density at radius 1 is 0.833 bits per heavy atom. The standard InChI is InChI=1S/C25H27N3O2/c1-28(2)24(29)21-14-9-15-22(18-21)27-25(30)26-17-16-23(19-10-5-3-6-11-19)20-12-7-4-8-13-20/h3-15,18,23H,16-17H2,1-2H3,(H2,26,27,30). The summed E-state index contributed by atoms with van der Waals surface area (Å²) in [6, 6.07) is 27.3. The fourth-order valence-corrected chi connectivity index (χ4v) is 3.39. The first-order valence-corrected chi connectivity index (χ1v) is 10.0. The lowest BCUT2D eigenvalue weighted by molar-refractivity contribution is 0.0827. The number of amides is 3. The Morgan fingerprint density at radius 2 is 1.43 bits per heavy atom. The van der Waals surface area contributed by atoms with Gasteiger partial charge in [0.1, 0.15) is 0 Å². The highest BCUT2D eigenvalue weighted by atomic mass is 16.2. The van der Waals surface area contributed by atoms with Gasteiger partial charge in [-0.05, 0) is 35.7 Å². The molecule has 0 saturated carbocycles. The minimum absolute atomic E-state index is 0.104. The Balaban J connectivity index is 1.60. The number of urea groups is 1. The smallest absolute Gasteiger partial charge is 0.319 e. The molecule has 3 aromatic rings. The van der Waals surface area contributed by atoms with Crippen LogP contribution in [0.4, 0.5) is 10.5 Å². The van der Waals surface area contributed by atoms with E-state index in [0.29, 0.717) is 17.8 Å². The molecule has 30 heavy (non-hydrogen) atoms. The second-order valence-corrected chi connectivity index (χ2v) is 7.32. The van der Waals surface area contributed by atoms with Crippen LogP contribution in [0.3, 0.4) is 0 Å². The van der Waals surface area contributed by atoms with Gasteiger partial charge in [-0.2, -0.15) is 0 Å². The van der Waals surface area contributed by atoms with E-state index in [1.807, 2.05) is 36.4 Å². The van der Waals surface area contributed by atoms with Gasteiger partial charge in [0.25, 0.3) is 5.91 Å². The SMILES string of the molecule is CN(C)C(=O)c1cccc(NC(=O)NCCC(c2ccccc2)c2ccccc2)c1. The molecule has 0 fully saturated rings. The summed E-state index contributed by atoms with van der Waals surface area (Å²) in [7, 11) is 3.40. The third kappa shape index (κ3) is 5.70. The number of hydrogen-bond donors (Lipinski definition) is 2. The van der Waals surface area contributed by atoms with Crippen molar-refractivity contribution in [3.05, 3.63) is 102 Å². The van der Waals surface area contributed by atoms with E-state index in [1.165, 1.54) is 16.0 Å². The zero-order chi connectivity index (χ0) is 21.3. The van der Waals surface area contributed by atoms with E-state index in [4.69, 9.17) is 0 Å². The van der Waals surface area contributed by atoms with Gasteiger partial charge in [0.2, 0.25) is 0 Å². The summed E-state index contributed by atoms with van der Waals surface area (Å²) in [4.78, 5) is 26.0. The Bertz CT molecular complexity index is 932. The molecule has 0 spiro atoms. The summed E-state index contributed by atoms with van der Waals surface area (Å²) in [6.45, 7) is 0.524. The zero-order valence-electron chi connectivity index (χ0n) is 17.3. The number of carbonyl (C=O) groups excluding carboxylic acids is 2. The van der Waals surface area contributed by atoms with Gasteiger partial charge in [-0.1, -0.05) is 66.7 Å². The Morgan fingerprint density at radius 3 is 2.00 bits per heavy atom. The van der Waals surface area contributed by atoms with E-state index in [9.17, 15) is 9.59 Å². The summed E-state index contributed by atoms with van der Waals surface area (Å²) in [6.07, 6.45) is 0.778. The van der Waals surface area contributed by atoms with Gasteiger partial charge in [0, 0.05) is 37.8 Å². The lowest BCUT2D eigenvalue weighted by atomic mass is 9.88. The number of nitrogens with zero attached hydrogens (tertiary/aromatic N) is 1. The van der Waals surface area contributed by atoms with E-state index in [0.717, 1.165) is 6.42 Å². The van der Waals surface area contributed by atoms with Crippen LogP contribution < -0.4 is 10.6 Å². The monoisotopic (exact) mass is 401 g/mol. The number of anilines is 1. The summed E-state index contributed by atoms with van der Waals surface area (Å²) < 4.78 is 0. The summed E-state index contributed by atoms with van der Waals surface area (Å²) in [5.74, 6) is 0.0985. The van der Waals surface area contributed by atoms with E-state index in [2.05, 4.69) is 34.9 Å². The molecule has 0 unspecified atom stereocenters. The Kier molecular flexibility index (Phi) is 7.22. The fourth-order valence-electron chi connectivity index (χ4n) is 3.39. The highest BCUT2D eigenvalue weighted by Gasteiger charge is 2.14. The molecule has 0 aromatic heterocycles. The molecule has 154 valence electrons. The van der Waals surface area contributed by atoms with Crippen LogP contribution in [0.25, 0.3) is 0 Å². The number of carbonyl (C=O) groups is 2. The van der Waals surface area contributed by atoms with Gasteiger partial charge >= 0.3 is 6.03 Å². The second kappa shape index (κ2) is 10.3. The van der Waals surface area contributed by atoms with Gasteiger partial charge < -0.3 is 15.5 Å². The Hall–Kier alpha value is -3.60. The molecule has 0 aliphatic carbocycles. The summed E-state index contributed by atoms with van der Waals surface area (Å²) in [5, 5.41) is 5.74. The molecule has 5 nitrogen and oxygen atoms in total. The molecule has 5 heteroatoms. The highest BCUT2D eigenvalue weighted by Crippen LogP contribution is 2.27. The molecule has 0 aliphatic heterocycles. The predicted octanol–water partition coefficient (Wildman–Crippen LogP) is 4.73.